The van der Waals surface area contributed by atoms with Crippen LogP contribution < -0.4 is 5.32 Å². The number of rotatable bonds is 8. The average molecular weight is 275 g/mol. The number of allylic oxidation sites excluding steroid dienone is 1. The number of hydrogen-bond acceptors (Lipinski definition) is 2. The molecule has 1 N–H and O–H groups in total. The van der Waals surface area contributed by atoms with Gasteiger partial charge >= 0.3 is 0 Å². The zero-order chi connectivity index (χ0) is 13.9. The molecule has 0 saturated heterocycles. The maximum Gasteiger partial charge on any atom is 0.261 e. The van der Waals surface area contributed by atoms with Crippen LogP contribution in [-0.2, 0) is 4.74 Å². The maximum atomic E-state index is 12.0. The summed E-state index contributed by atoms with van der Waals surface area (Å²) in [7, 11) is 0. The highest BCUT2D eigenvalue weighted by molar-refractivity contribution is 5.11. The summed E-state index contributed by atoms with van der Waals surface area (Å²) >= 11 is 0. The van der Waals surface area contributed by atoms with Crippen LogP contribution in [0.25, 0.3) is 0 Å². The highest BCUT2D eigenvalue weighted by Gasteiger charge is 2.14. The Morgan fingerprint density at radius 1 is 1.26 bits per heavy atom. The number of alkyl halides is 2. The van der Waals surface area contributed by atoms with Gasteiger partial charge in [0.05, 0.1) is 0 Å². The monoisotopic (exact) mass is 275 g/mol. The van der Waals surface area contributed by atoms with Gasteiger partial charge in [-0.25, -0.2) is 8.78 Å². The van der Waals surface area contributed by atoms with Crippen LogP contribution in [0.3, 0.4) is 0 Å². The maximum absolute atomic E-state index is 12.0. The summed E-state index contributed by atoms with van der Waals surface area (Å²) in [6.07, 6.45) is 8.19. The van der Waals surface area contributed by atoms with Crippen LogP contribution in [0.4, 0.5) is 8.78 Å². The van der Waals surface area contributed by atoms with Crippen molar-refractivity contribution in [2.45, 2.75) is 64.3 Å². The summed E-state index contributed by atoms with van der Waals surface area (Å²) in [6, 6.07) is 0.292. The SMILES string of the molecule is CCNC(CCOCC(F)F)C1=CCCCCCC1. The number of likely N-dealkylation sites (N-methyl/N-ethyl adjacent to an activating group) is 1. The molecule has 0 fully saturated rings. The van der Waals surface area contributed by atoms with E-state index in [0.29, 0.717) is 12.6 Å². The van der Waals surface area contributed by atoms with E-state index >= 15 is 0 Å². The summed E-state index contributed by atoms with van der Waals surface area (Å²) in [5.74, 6) is 0. The van der Waals surface area contributed by atoms with Gasteiger partial charge in [-0.05, 0) is 38.6 Å². The molecule has 0 heterocycles. The number of halogens is 2. The molecule has 0 saturated carbocycles. The van der Waals surface area contributed by atoms with Gasteiger partial charge in [0.15, 0.2) is 0 Å². The molecule has 1 atom stereocenters. The van der Waals surface area contributed by atoms with Crippen molar-refractivity contribution >= 4 is 0 Å². The first-order valence-corrected chi connectivity index (χ1v) is 7.52. The molecule has 2 nitrogen and oxygen atoms in total. The molecule has 0 aliphatic heterocycles. The van der Waals surface area contributed by atoms with Gasteiger partial charge in [-0.1, -0.05) is 31.4 Å². The fourth-order valence-electron chi connectivity index (χ4n) is 2.57. The first-order chi connectivity index (χ1) is 9.24. The van der Waals surface area contributed by atoms with Crippen LogP contribution in [0.5, 0.6) is 0 Å². The van der Waals surface area contributed by atoms with Crippen LogP contribution in [0.2, 0.25) is 0 Å². The molecular formula is C15H27F2NO. The molecule has 1 rings (SSSR count). The highest BCUT2D eigenvalue weighted by Crippen LogP contribution is 2.21. The molecule has 112 valence electrons. The van der Waals surface area contributed by atoms with Crippen LogP contribution in [0.1, 0.15) is 51.9 Å². The summed E-state index contributed by atoms with van der Waals surface area (Å²) in [6.45, 7) is 2.94. The van der Waals surface area contributed by atoms with Crippen molar-refractivity contribution in [3.8, 4) is 0 Å². The van der Waals surface area contributed by atoms with E-state index in [9.17, 15) is 8.78 Å². The van der Waals surface area contributed by atoms with Gasteiger partial charge in [0.1, 0.15) is 6.61 Å². The molecule has 4 heteroatoms. The van der Waals surface area contributed by atoms with Gasteiger partial charge in [-0.15, -0.1) is 0 Å². The lowest BCUT2D eigenvalue weighted by atomic mass is 9.93. The molecule has 0 aromatic rings. The lowest BCUT2D eigenvalue weighted by Gasteiger charge is -2.23. The highest BCUT2D eigenvalue weighted by atomic mass is 19.3. The Balaban J connectivity index is 2.40. The Bertz CT molecular complexity index is 257. The van der Waals surface area contributed by atoms with E-state index in [2.05, 4.69) is 18.3 Å². The molecule has 19 heavy (non-hydrogen) atoms. The summed E-state index contributed by atoms with van der Waals surface area (Å²) in [5, 5.41) is 3.45. The first kappa shape index (κ1) is 16.6. The third kappa shape index (κ3) is 7.63. The Kier molecular flexibility index (Phi) is 9.01. The molecule has 0 spiro atoms. The van der Waals surface area contributed by atoms with Crippen molar-refractivity contribution < 1.29 is 13.5 Å². The van der Waals surface area contributed by atoms with Crippen molar-refractivity contribution in [2.75, 3.05) is 19.8 Å². The lowest BCUT2D eigenvalue weighted by molar-refractivity contribution is 0.0151. The van der Waals surface area contributed by atoms with E-state index in [1.165, 1.54) is 31.3 Å². The van der Waals surface area contributed by atoms with Gasteiger partial charge in [-0.3, -0.25) is 0 Å². The van der Waals surface area contributed by atoms with E-state index in [1.807, 2.05) is 0 Å². The van der Waals surface area contributed by atoms with Crippen molar-refractivity contribution in [1.29, 1.82) is 0 Å². The lowest BCUT2D eigenvalue weighted by Crippen LogP contribution is -2.32. The van der Waals surface area contributed by atoms with Gasteiger partial charge in [-0.2, -0.15) is 0 Å². The molecular weight excluding hydrogens is 248 g/mol. The molecule has 1 aliphatic carbocycles. The minimum Gasteiger partial charge on any atom is -0.375 e. The Morgan fingerprint density at radius 2 is 2.05 bits per heavy atom. The van der Waals surface area contributed by atoms with E-state index in [4.69, 9.17) is 4.74 Å². The van der Waals surface area contributed by atoms with E-state index in [-0.39, 0.29) is 0 Å². The van der Waals surface area contributed by atoms with Crippen molar-refractivity contribution in [2.24, 2.45) is 0 Å². The zero-order valence-corrected chi connectivity index (χ0v) is 12.0. The molecule has 1 unspecified atom stereocenters. The van der Waals surface area contributed by atoms with Crippen LogP contribution in [0, 0.1) is 0 Å². The second-order valence-electron chi connectivity index (χ2n) is 5.10. The normalized spacial score (nSPS) is 18.8. The zero-order valence-electron chi connectivity index (χ0n) is 12.0. The second-order valence-corrected chi connectivity index (χ2v) is 5.10. The standard InChI is InChI=1S/C15H27F2NO/c1-2-18-14(10-11-19-12-15(16)17)13-8-6-4-3-5-7-9-13/h8,14-15,18H,2-7,9-12H2,1H3. The van der Waals surface area contributed by atoms with E-state index in [1.54, 1.807) is 0 Å². The molecule has 0 amide bonds. The average Bonchev–Trinajstić information content (AvgIpc) is 2.33. The Morgan fingerprint density at radius 3 is 2.79 bits per heavy atom. The number of hydrogen-bond donors (Lipinski definition) is 1. The topological polar surface area (TPSA) is 21.3 Å². The van der Waals surface area contributed by atoms with Gasteiger partial charge in [0, 0.05) is 12.6 Å². The third-order valence-electron chi connectivity index (χ3n) is 3.52. The molecule has 0 radical (unpaired) electrons. The largest absolute Gasteiger partial charge is 0.375 e. The van der Waals surface area contributed by atoms with Crippen molar-refractivity contribution in [1.82, 2.24) is 5.32 Å². The predicted molar refractivity (Wildman–Crippen MR) is 74.7 cm³/mol. The molecule has 1 aliphatic rings. The predicted octanol–water partition coefficient (Wildman–Crippen LogP) is 3.92. The van der Waals surface area contributed by atoms with Gasteiger partial charge in [0.2, 0.25) is 0 Å². The summed E-state index contributed by atoms with van der Waals surface area (Å²) in [4.78, 5) is 0. The third-order valence-corrected chi connectivity index (χ3v) is 3.52. The molecule has 0 aromatic carbocycles. The molecule has 0 aromatic heterocycles. The van der Waals surface area contributed by atoms with Crippen molar-refractivity contribution in [3.05, 3.63) is 11.6 Å². The quantitative estimate of drug-likeness (QED) is 0.535. The van der Waals surface area contributed by atoms with Crippen LogP contribution >= 0.6 is 0 Å². The van der Waals surface area contributed by atoms with Crippen molar-refractivity contribution in [3.63, 3.8) is 0 Å². The van der Waals surface area contributed by atoms with E-state index < -0.39 is 13.0 Å². The minimum atomic E-state index is -2.36. The fourth-order valence-corrected chi connectivity index (χ4v) is 2.57. The number of nitrogens with one attached hydrogen (secondary N) is 1. The fraction of sp³-hybridized carbons (Fsp3) is 0.867. The van der Waals surface area contributed by atoms with E-state index in [0.717, 1.165) is 25.8 Å². The molecule has 0 bridgehead atoms. The minimum absolute atomic E-state index is 0.292. The second kappa shape index (κ2) is 10.3. The summed E-state index contributed by atoms with van der Waals surface area (Å²) < 4.78 is 29.0. The summed E-state index contributed by atoms with van der Waals surface area (Å²) in [5.41, 5.74) is 1.45. The number of ether oxygens (including phenoxy) is 1. The van der Waals surface area contributed by atoms with Crippen LogP contribution in [-0.4, -0.2) is 32.2 Å². The van der Waals surface area contributed by atoms with Crippen LogP contribution in [0.15, 0.2) is 11.6 Å². The van der Waals surface area contributed by atoms with Gasteiger partial charge < -0.3 is 10.1 Å². The first-order valence-electron chi connectivity index (χ1n) is 7.52. The Labute approximate surface area is 115 Å². The van der Waals surface area contributed by atoms with Gasteiger partial charge in [0.25, 0.3) is 6.43 Å². The smallest absolute Gasteiger partial charge is 0.261 e. The Hall–Kier alpha value is -0.480.